The molecule has 1 aliphatic heterocycles. The Bertz CT molecular complexity index is 698. The van der Waals surface area contributed by atoms with Crippen molar-refractivity contribution in [3.05, 3.63) is 60.2 Å². The smallest absolute Gasteiger partial charge is 0.167 e. The minimum Gasteiger partial charge on any atom is -0.457 e. The van der Waals surface area contributed by atoms with Gasteiger partial charge in [-0.1, -0.05) is 18.2 Å². The van der Waals surface area contributed by atoms with Gasteiger partial charge in [0.1, 0.15) is 11.5 Å². The van der Waals surface area contributed by atoms with Gasteiger partial charge in [-0.25, -0.2) is 0 Å². The molecule has 5 heteroatoms. The molecule has 0 spiro atoms. The predicted molar refractivity (Wildman–Crippen MR) is 99.5 cm³/mol. The first-order valence-corrected chi connectivity index (χ1v) is 9.04. The zero-order valence-electron chi connectivity index (χ0n) is 14.8. The van der Waals surface area contributed by atoms with E-state index in [1.165, 1.54) is 0 Å². The molecule has 3 rings (SSSR count). The Hall–Kier alpha value is -2.21. The van der Waals surface area contributed by atoms with Crippen molar-refractivity contribution in [1.29, 1.82) is 0 Å². The van der Waals surface area contributed by atoms with Crippen LogP contribution in [0.15, 0.2) is 54.6 Å². The van der Waals surface area contributed by atoms with Gasteiger partial charge in [-0.05, 0) is 55.8 Å². The number of ketones is 1. The van der Waals surface area contributed by atoms with E-state index < -0.39 is 0 Å². The second-order valence-electron chi connectivity index (χ2n) is 6.66. The number of aliphatic hydroxyl groups excluding tert-OH is 2. The number of hydrogen-bond acceptors (Lipinski definition) is 5. The van der Waals surface area contributed by atoms with E-state index >= 15 is 0 Å². The highest BCUT2D eigenvalue weighted by Gasteiger charge is 2.29. The van der Waals surface area contributed by atoms with Gasteiger partial charge in [-0.2, -0.15) is 0 Å². The molecule has 0 bridgehead atoms. The number of likely N-dealkylation sites (tertiary alicyclic amines) is 1. The van der Waals surface area contributed by atoms with E-state index in [4.69, 9.17) is 4.74 Å². The molecule has 1 heterocycles. The molecule has 2 aromatic carbocycles. The van der Waals surface area contributed by atoms with Crippen LogP contribution in [-0.4, -0.2) is 53.2 Å². The first-order valence-electron chi connectivity index (χ1n) is 9.04. The monoisotopic (exact) mass is 355 g/mol. The normalized spacial score (nSPS) is 18.0. The van der Waals surface area contributed by atoms with Gasteiger partial charge in [-0.3, -0.25) is 9.69 Å². The molecule has 1 aliphatic rings. The maximum Gasteiger partial charge on any atom is 0.167 e. The van der Waals surface area contributed by atoms with Crippen LogP contribution in [-0.2, 0) is 0 Å². The third kappa shape index (κ3) is 4.49. The van der Waals surface area contributed by atoms with Gasteiger partial charge in [0.05, 0.1) is 19.3 Å². The summed E-state index contributed by atoms with van der Waals surface area (Å²) in [5, 5.41) is 18.7. The zero-order valence-corrected chi connectivity index (χ0v) is 14.8. The summed E-state index contributed by atoms with van der Waals surface area (Å²) < 4.78 is 5.76. The van der Waals surface area contributed by atoms with Crippen molar-refractivity contribution in [3.8, 4) is 11.5 Å². The molecule has 26 heavy (non-hydrogen) atoms. The largest absolute Gasteiger partial charge is 0.457 e. The molecule has 1 atom stereocenters. The third-order valence-corrected chi connectivity index (χ3v) is 4.88. The quantitative estimate of drug-likeness (QED) is 0.748. The lowest BCUT2D eigenvalue weighted by Crippen LogP contribution is -2.47. The van der Waals surface area contributed by atoms with Crippen molar-refractivity contribution in [3.63, 3.8) is 0 Å². The predicted octanol–water partition coefficient (Wildman–Crippen LogP) is 2.73. The average Bonchev–Trinajstić information content (AvgIpc) is 2.70. The highest BCUT2D eigenvalue weighted by Crippen LogP contribution is 2.25. The van der Waals surface area contributed by atoms with Crippen molar-refractivity contribution in [2.75, 3.05) is 26.3 Å². The first kappa shape index (κ1) is 18.6. The number of para-hydroxylation sites is 1. The molecular formula is C21H25NO4. The molecular weight excluding hydrogens is 330 g/mol. The fourth-order valence-electron chi connectivity index (χ4n) is 3.39. The van der Waals surface area contributed by atoms with Crippen LogP contribution in [0.3, 0.4) is 0 Å². The fourth-order valence-corrected chi connectivity index (χ4v) is 3.39. The first-order chi connectivity index (χ1) is 12.7. The summed E-state index contributed by atoms with van der Waals surface area (Å²) in [7, 11) is 0. The van der Waals surface area contributed by atoms with Crippen molar-refractivity contribution >= 4 is 5.78 Å². The molecule has 0 aliphatic carbocycles. The van der Waals surface area contributed by atoms with Crippen LogP contribution in [0.1, 0.15) is 23.2 Å². The van der Waals surface area contributed by atoms with E-state index in [2.05, 4.69) is 0 Å². The summed E-state index contributed by atoms with van der Waals surface area (Å²) in [6.45, 7) is 1.19. The number of nitrogens with zero attached hydrogens (tertiary/aromatic N) is 1. The lowest BCUT2D eigenvalue weighted by Gasteiger charge is -2.36. The van der Waals surface area contributed by atoms with Crippen molar-refractivity contribution in [2.45, 2.75) is 18.9 Å². The van der Waals surface area contributed by atoms with Gasteiger partial charge < -0.3 is 14.9 Å². The molecule has 138 valence electrons. The van der Waals surface area contributed by atoms with Gasteiger partial charge in [0.25, 0.3) is 0 Å². The summed E-state index contributed by atoms with van der Waals surface area (Å²) >= 11 is 0. The molecule has 5 nitrogen and oxygen atoms in total. The molecule has 1 saturated heterocycles. The van der Waals surface area contributed by atoms with Crippen molar-refractivity contribution in [2.24, 2.45) is 5.92 Å². The minimum atomic E-state index is -0.285. The lowest BCUT2D eigenvalue weighted by molar-refractivity contribution is 0.0408. The summed E-state index contributed by atoms with van der Waals surface area (Å²) in [4.78, 5) is 14.8. The Kier molecular flexibility index (Phi) is 6.39. The number of hydrogen-bond donors (Lipinski definition) is 2. The Morgan fingerprint density at radius 2 is 1.69 bits per heavy atom. The van der Waals surface area contributed by atoms with Crippen LogP contribution in [0.5, 0.6) is 11.5 Å². The van der Waals surface area contributed by atoms with Crippen LogP contribution in [0.2, 0.25) is 0 Å². The second kappa shape index (κ2) is 8.94. The fraction of sp³-hybridized carbons (Fsp3) is 0.381. The number of rotatable bonds is 7. The van der Waals surface area contributed by atoms with E-state index in [9.17, 15) is 15.0 Å². The number of carbonyl (C=O) groups excluding carboxylic acids is 1. The van der Waals surface area contributed by atoms with Gasteiger partial charge in [-0.15, -0.1) is 0 Å². The SMILES string of the molecule is O=C(c1ccc(Oc2ccccc2)cc1)[C@H]1CCCN(C(CO)CO)C1. The van der Waals surface area contributed by atoms with Gasteiger partial charge >= 0.3 is 0 Å². The minimum absolute atomic E-state index is 0.0943. The Labute approximate surface area is 153 Å². The van der Waals surface area contributed by atoms with E-state index in [1.54, 1.807) is 12.1 Å². The number of Topliss-reactive ketones (excluding diaryl/α,β-unsaturated/α-hetero) is 1. The van der Waals surface area contributed by atoms with E-state index in [-0.39, 0.29) is 31.0 Å². The Balaban J connectivity index is 1.64. The van der Waals surface area contributed by atoms with Crippen LogP contribution >= 0.6 is 0 Å². The highest BCUT2D eigenvalue weighted by atomic mass is 16.5. The topological polar surface area (TPSA) is 70.0 Å². The number of carbonyl (C=O) groups is 1. The highest BCUT2D eigenvalue weighted by molar-refractivity contribution is 5.98. The molecule has 2 aromatic rings. The van der Waals surface area contributed by atoms with Gasteiger partial charge in [0.15, 0.2) is 5.78 Å². The van der Waals surface area contributed by atoms with E-state index in [1.807, 2.05) is 47.4 Å². The molecule has 0 unspecified atom stereocenters. The van der Waals surface area contributed by atoms with Crippen LogP contribution in [0.25, 0.3) is 0 Å². The second-order valence-corrected chi connectivity index (χ2v) is 6.66. The molecule has 0 aromatic heterocycles. The summed E-state index contributed by atoms with van der Waals surface area (Å²) in [6.07, 6.45) is 1.73. The molecule has 0 saturated carbocycles. The van der Waals surface area contributed by atoms with Gasteiger partial charge in [0, 0.05) is 18.0 Å². The average molecular weight is 355 g/mol. The van der Waals surface area contributed by atoms with Crippen LogP contribution in [0, 0.1) is 5.92 Å². The van der Waals surface area contributed by atoms with Crippen molar-refractivity contribution in [1.82, 2.24) is 4.90 Å². The number of ether oxygens (including phenoxy) is 1. The maximum atomic E-state index is 12.8. The Morgan fingerprint density at radius 1 is 1.04 bits per heavy atom. The molecule has 0 amide bonds. The summed E-state index contributed by atoms with van der Waals surface area (Å²) in [6, 6.07) is 16.5. The number of aliphatic hydroxyl groups is 2. The van der Waals surface area contributed by atoms with Crippen LogP contribution in [0.4, 0.5) is 0 Å². The molecule has 0 radical (unpaired) electrons. The number of piperidine rings is 1. The lowest BCUT2D eigenvalue weighted by atomic mass is 9.89. The summed E-state index contributed by atoms with van der Waals surface area (Å²) in [5.41, 5.74) is 0.668. The van der Waals surface area contributed by atoms with E-state index in [0.29, 0.717) is 17.9 Å². The third-order valence-electron chi connectivity index (χ3n) is 4.88. The number of benzene rings is 2. The van der Waals surface area contributed by atoms with Crippen molar-refractivity contribution < 1.29 is 19.7 Å². The maximum absolute atomic E-state index is 12.8. The van der Waals surface area contributed by atoms with Crippen LogP contribution < -0.4 is 4.74 Å². The molecule has 2 N–H and O–H groups in total. The molecule has 1 fully saturated rings. The van der Waals surface area contributed by atoms with Gasteiger partial charge in [0.2, 0.25) is 0 Å². The zero-order chi connectivity index (χ0) is 18.4. The Morgan fingerprint density at radius 3 is 2.35 bits per heavy atom. The van der Waals surface area contributed by atoms with E-state index in [0.717, 1.165) is 25.1 Å². The standard InChI is InChI=1S/C21H25NO4/c23-14-18(15-24)22-12-4-5-17(13-22)21(25)16-8-10-20(11-9-16)26-19-6-2-1-3-7-19/h1-3,6-11,17-18,23-24H,4-5,12-15H2/t17-/m0/s1. The summed E-state index contributed by atoms with van der Waals surface area (Å²) in [5.74, 6) is 1.45.